The van der Waals surface area contributed by atoms with Crippen LogP contribution in [-0.2, 0) is 20.0 Å². The molecule has 0 aliphatic carbocycles. The molecule has 0 saturated heterocycles. The zero-order chi connectivity index (χ0) is 10.1. The molecular formula is C6H6NNaO4S2. The minimum Gasteiger partial charge on any atom is -1.00 e. The summed E-state index contributed by atoms with van der Waals surface area (Å²) in [6.45, 7) is 0. The van der Waals surface area contributed by atoms with Crippen molar-refractivity contribution >= 4 is 25.6 Å². The van der Waals surface area contributed by atoms with Gasteiger partial charge in [-0.2, -0.15) is 0 Å². The average molecular weight is 243 g/mol. The van der Waals surface area contributed by atoms with Gasteiger partial charge in [-0.05, 0) is 12.1 Å². The van der Waals surface area contributed by atoms with Gasteiger partial charge in [0.05, 0.1) is 9.82 Å². The molecule has 1 unspecified atom stereocenters. The number of non-ortho nitro benzene ring substituents is 1. The third-order valence-electron chi connectivity index (χ3n) is 1.35. The van der Waals surface area contributed by atoms with Crippen molar-refractivity contribution in [2.45, 2.75) is 4.90 Å². The Morgan fingerprint density at radius 3 is 2.14 bits per heavy atom. The predicted octanol–water partition coefficient (Wildman–Crippen LogP) is -1.71. The molecule has 0 aliphatic rings. The van der Waals surface area contributed by atoms with Gasteiger partial charge >= 0.3 is 29.6 Å². The van der Waals surface area contributed by atoms with E-state index in [1.54, 1.807) is 0 Å². The molecule has 8 heteroatoms. The molecule has 0 aliphatic heterocycles. The number of rotatable bonds is 2. The Morgan fingerprint density at radius 2 is 1.86 bits per heavy atom. The van der Waals surface area contributed by atoms with Gasteiger partial charge in [0.2, 0.25) is 0 Å². The van der Waals surface area contributed by atoms with Crippen LogP contribution in [0.2, 0.25) is 0 Å². The van der Waals surface area contributed by atoms with E-state index in [9.17, 15) is 14.3 Å². The van der Waals surface area contributed by atoms with Crippen molar-refractivity contribution in [1.82, 2.24) is 0 Å². The summed E-state index contributed by atoms with van der Waals surface area (Å²) in [5, 5.41) is 10.2. The van der Waals surface area contributed by atoms with Gasteiger partial charge in [-0.1, -0.05) is 0 Å². The third-order valence-corrected chi connectivity index (χ3v) is 2.79. The van der Waals surface area contributed by atoms with Crippen LogP contribution in [0.1, 0.15) is 1.43 Å². The van der Waals surface area contributed by atoms with Crippen LogP contribution in [0, 0.1) is 10.1 Å². The Hall–Kier alpha value is -0.0500. The van der Waals surface area contributed by atoms with E-state index in [-0.39, 0.29) is 41.6 Å². The third kappa shape index (κ3) is 3.60. The van der Waals surface area contributed by atoms with E-state index in [4.69, 9.17) is 4.55 Å². The first kappa shape index (κ1) is 13.9. The van der Waals surface area contributed by atoms with Crippen LogP contribution in [0.15, 0.2) is 29.2 Å². The monoisotopic (exact) mass is 243 g/mol. The fourth-order valence-corrected chi connectivity index (χ4v) is 1.55. The number of hydrogen-bond donors (Lipinski definition) is 1. The summed E-state index contributed by atoms with van der Waals surface area (Å²) >= 11 is 4.27. The minimum atomic E-state index is -3.43. The van der Waals surface area contributed by atoms with Gasteiger partial charge in [0.25, 0.3) is 5.69 Å². The second-order valence-corrected chi connectivity index (χ2v) is 5.00. The van der Waals surface area contributed by atoms with E-state index in [2.05, 4.69) is 11.2 Å². The SMILES string of the molecule is O=[N+]([O-])c1ccc(S(=O)(O)=S)cc1.[H-].[Na+]. The van der Waals surface area contributed by atoms with Crippen LogP contribution in [0.5, 0.6) is 0 Å². The van der Waals surface area contributed by atoms with Gasteiger partial charge in [-0.3, -0.25) is 10.1 Å². The molecule has 1 rings (SSSR count). The normalized spacial score (nSPS) is 13.8. The van der Waals surface area contributed by atoms with Gasteiger partial charge in [-0.15, -0.1) is 0 Å². The molecule has 0 bridgehead atoms. The number of nitro groups is 1. The van der Waals surface area contributed by atoms with Gasteiger partial charge in [-0.25, -0.2) is 4.21 Å². The van der Waals surface area contributed by atoms with Crippen LogP contribution >= 0.6 is 0 Å². The Labute approximate surface area is 109 Å². The molecule has 1 aromatic carbocycles. The maximum atomic E-state index is 10.9. The maximum absolute atomic E-state index is 10.9. The number of nitrogens with zero attached hydrogens (tertiary/aromatic N) is 1. The molecule has 1 atom stereocenters. The van der Waals surface area contributed by atoms with Crippen LogP contribution in [0.4, 0.5) is 5.69 Å². The fraction of sp³-hybridized carbons (Fsp3) is 0. The summed E-state index contributed by atoms with van der Waals surface area (Å²) in [4.78, 5) is 9.62. The molecule has 0 heterocycles. The molecule has 1 aromatic rings. The van der Waals surface area contributed by atoms with Gasteiger partial charge in [0.15, 0.2) is 8.77 Å². The van der Waals surface area contributed by atoms with Gasteiger partial charge in [0, 0.05) is 23.3 Å². The van der Waals surface area contributed by atoms with Gasteiger partial charge < -0.3 is 5.98 Å². The summed E-state index contributed by atoms with van der Waals surface area (Å²) in [7, 11) is -3.43. The number of nitro benzene ring substituents is 1. The van der Waals surface area contributed by atoms with Crippen molar-refractivity contribution < 1.29 is 44.7 Å². The largest absolute Gasteiger partial charge is 1.00 e. The second-order valence-electron chi connectivity index (χ2n) is 2.23. The summed E-state index contributed by atoms with van der Waals surface area (Å²) < 4.78 is 19.8. The molecule has 0 saturated carbocycles. The van der Waals surface area contributed by atoms with E-state index in [0.29, 0.717) is 0 Å². The van der Waals surface area contributed by atoms with E-state index in [0.717, 1.165) is 12.1 Å². The van der Waals surface area contributed by atoms with Crippen LogP contribution in [0.25, 0.3) is 0 Å². The van der Waals surface area contributed by atoms with Crippen molar-refractivity contribution in [3.05, 3.63) is 34.4 Å². The van der Waals surface area contributed by atoms with Crippen molar-refractivity contribution in [2.75, 3.05) is 0 Å². The molecule has 72 valence electrons. The summed E-state index contributed by atoms with van der Waals surface area (Å²) in [5.41, 5.74) is -0.137. The van der Waals surface area contributed by atoms with Crippen LogP contribution in [-0.4, -0.2) is 13.7 Å². The molecule has 0 amide bonds. The zero-order valence-electron chi connectivity index (χ0n) is 8.25. The first-order valence-electron chi connectivity index (χ1n) is 3.13. The Balaban J connectivity index is 0. The first-order chi connectivity index (χ1) is 5.91. The predicted molar refractivity (Wildman–Crippen MR) is 50.6 cm³/mol. The van der Waals surface area contributed by atoms with Gasteiger partial charge in [0.1, 0.15) is 0 Å². The van der Waals surface area contributed by atoms with Crippen molar-refractivity contribution in [3.63, 3.8) is 0 Å². The van der Waals surface area contributed by atoms with Crippen LogP contribution in [0.3, 0.4) is 0 Å². The fourth-order valence-electron chi connectivity index (χ4n) is 0.740. The van der Waals surface area contributed by atoms with Crippen molar-refractivity contribution in [2.24, 2.45) is 0 Å². The standard InChI is InChI=1S/C6H5NO4S2.Na.H/c8-7(9)5-1-3-6(4-2-5)13(10,11)12;;/h1-4H,(H,10,11,12);;/q;+1;-1. The molecule has 0 radical (unpaired) electrons. The average Bonchev–Trinajstić information content (AvgIpc) is 2.03. The Bertz CT molecular complexity index is 433. The minimum absolute atomic E-state index is 0. The van der Waals surface area contributed by atoms with E-state index >= 15 is 0 Å². The summed E-state index contributed by atoms with van der Waals surface area (Å²) in [6.07, 6.45) is 0. The molecular weight excluding hydrogens is 237 g/mol. The smallest absolute Gasteiger partial charge is 1.00 e. The molecule has 0 aromatic heterocycles. The van der Waals surface area contributed by atoms with Crippen LogP contribution < -0.4 is 29.6 Å². The number of hydrogen-bond acceptors (Lipinski definition) is 4. The molecule has 0 fully saturated rings. The van der Waals surface area contributed by atoms with Crippen molar-refractivity contribution in [1.29, 1.82) is 0 Å². The Kier molecular flexibility index (Phi) is 5.13. The van der Waals surface area contributed by atoms with Crippen molar-refractivity contribution in [3.8, 4) is 0 Å². The number of benzene rings is 1. The molecule has 5 nitrogen and oxygen atoms in total. The molecule has 1 N–H and O–H groups in total. The van der Waals surface area contributed by atoms with E-state index in [1.165, 1.54) is 12.1 Å². The summed E-state index contributed by atoms with van der Waals surface area (Å²) in [5.74, 6) is 0. The van der Waals surface area contributed by atoms with E-state index in [1.807, 2.05) is 0 Å². The quantitative estimate of drug-likeness (QED) is 0.380. The van der Waals surface area contributed by atoms with E-state index < -0.39 is 13.7 Å². The summed E-state index contributed by atoms with van der Waals surface area (Å²) in [6, 6.07) is 4.62. The zero-order valence-corrected chi connectivity index (χ0v) is 10.9. The topological polar surface area (TPSA) is 80.4 Å². The molecule has 14 heavy (non-hydrogen) atoms. The maximum Gasteiger partial charge on any atom is 1.00 e. The Morgan fingerprint density at radius 1 is 1.43 bits per heavy atom. The molecule has 0 spiro atoms. The first-order valence-corrected chi connectivity index (χ1v) is 5.57. The second kappa shape index (κ2) is 5.15.